The molecule has 1 aromatic heterocycles. The van der Waals surface area contributed by atoms with Crippen LogP contribution < -0.4 is 19.9 Å². The lowest BCUT2D eigenvalue weighted by Gasteiger charge is -2.35. The number of thiocarbonyl (C=S) groups is 1. The molecule has 2 aromatic rings. The second kappa shape index (κ2) is 13.4. The van der Waals surface area contributed by atoms with E-state index in [1.54, 1.807) is 46.1 Å². The topological polar surface area (TPSA) is 114 Å². The van der Waals surface area contributed by atoms with Crippen molar-refractivity contribution >= 4 is 52.1 Å². The summed E-state index contributed by atoms with van der Waals surface area (Å²) >= 11 is 6.77. The maximum absolute atomic E-state index is 13.6. The number of hydrogen-bond donors (Lipinski definition) is 0. The number of aromatic nitrogens is 1. The Balaban J connectivity index is 1.67. The molecular weight excluding hydrogens is 576 g/mol. The van der Waals surface area contributed by atoms with E-state index in [2.05, 4.69) is 0 Å². The number of nitriles is 1. The van der Waals surface area contributed by atoms with Crippen LogP contribution in [0.5, 0.6) is 11.5 Å². The van der Waals surface area contributed by atoms with Crippen molar-refractivity contribution in [1.29, 1.82) is 5.26 Å². The molecule has 0 saturated carbocycles. The molecule has 10 nitrogen and oxygen atoms in total. The van der Waals surface area contributed by atoms with E-state index in [0.29, 0.717) is 76.8 Å². The number of carbonyl (C=O) groups excluding carboxylic acids is 2. The van der Waals surface area contributed by atoms with Crippen molar-refractivity contribution in [2.24, 2.45) is 13.0 Å². The van der Waals surface area contributed by atoms with Gasteiger partial charge in [-0.2, -0.15) is 5.26 Å². The molecule has 0 aliphatic carbocycles. The number of benzene rings is 1. The summed E-state index contributed by atoms with van der Waals surface area (Å²) in [6, 6.07) is 7.64. The molecule has 1 aromatic carbocycles. The van der Waals surface area contributed by atoms with Crippen LogP contribution in [0.25, 0.3) is 6.08 Å². The first-order valence-electron chi connectivity index (χ1n) is 13.7. The minimum absolute atomic E-state index is 0.00961. The van der Waals surface area contributed by atoms with E-state index in [0.717, 1.165) is 12.0 Å². The fourth-order valence-electron chi connectivity index (χ4n) is 5.32. The number of piperidine rings is 1. The molecule has 0 radical (unpaired) electrons. The SMILES string of the molecule is CCOC(=O)C1CCCN(c2c(/C=C3\SC(=S)N(CCc4ccc(OC)c(OC)c4)C3=O)c(C)c(C#N)c(=O)n2C)C1. The molecule has 1 amide bonds. The van der Waals surface area contributed by atoms with Gasteiger partial charge < -0.3 is 19.1 Å². The molecule has 0 bridgehead atoms. The van der Waals surface area contributed by atoms with E-state index in [9.17, 15) is 19.6 Å². The third kappa shape index (κ3) is 6.17. The lowest BCUT2D eigenvalue weighted by atomic mass is 9.96. The average molecular weight is 611 g/mol. The van der Waals surface area contributed by atoms with Gasteiger partial charge in [-0.25, -0.2) is 0 Å². The molecule has 2 aliphatic heterocycles. The third-order valence-corrected chi connectivity index (χ3v) is 8.91. The number of carbonyl (C=O) groups is 2. The van der Waals surface area contributed by atoms with Crippen LogP contribution >= 0.6 is 24.0 Å². The summed E-state index contributed by atoms with van der Waals surface area (Å²) in [5.41, 5.74) is 1.60. The van der Waals surface area contributed by atoms with Gasteiger partial charge in [0.15, 0.2) is 11.5 Å². The Bertz CT molecular complexity index is 1540. The summed E-state index contributed by atoms with van der Waals surface area (Å²) in [6.45, 7) is 5.12. The number of anilines is 1. The maximum Gasteiger partial charge on any atom is 0.310 e. The zero-order valence-electron chi connectivity index (χ0n) is 24.4. The van der Waals surface area contributed by atoms with Crippen molar-refractivity contribution in [2.45, 2.75) is 33.1 Å². The highest BCUT2D eigenvalue weighted by atomic mass is 32.2. The molecule has 1 atom stereocenters. The fourth-order valence-corrected chi connectivity index (χ4v) is 6.61. The van der Waals surface area contributed by atoms with Crippen LogP contribution in [-0.2, 0) is 27.8 Å². The van der Waals surface area contributed by atoms with Gasteiger partial charge in [-0.05, 0) is 62.4 Å². The molecule has 12 heteroatoms. The Kier molecular flexibility index (Phi) is 9.96. The van der Waals surface area contributed by atoms with Crippen LogP contribution in [0.15, 0.2) is 27.9 Å². The van der Waals surface area contributed by atoms with Gasteiger partial charge in [0, 0.05) is 32.2 Å². The highest BCUT2D eigenvalue weighted by Gasteiger charge is 2.34. The Morgan fingerprint density at radius 1 is 1.24 bits per heavy atom. The minimum Gasteiger partial charge on any atom is -0.493 e. The monoisotopic (exact) mass is 610 g/mol. The number of ether oxygens (including phenoxy) is 3. The highest BCUT2D eigenvalue weighted by Crippen LogP contribution is 2.37. The van der Waals surface area contributed by atoms with E-state index < -0.39 is 5.56 Å². The van der Waals surface area contributed by atoms with E-state index in [1.165, 1.54) is 16.3 Å². The van der Waals surface area contributed by atoms with Crippen molar-refractivity contribution in [3.63, 3.8) is 0 Å². The number of nitrogens with zero attached hydrogens (tertiary/aromatic N) is 4. The summed E-state index contributed by atoms with van der Waals surface area (Å²) in [5, 5.41) is 9.79. The van der Waals surface area contributed by atoms with Crippen molar-refractivity contribution < 1.29 is 23.8 Å². The molecule has 2 saturated heterocycles. The molecule has 42 heavy (non-hydrogen) atoms. The molecule has 3 heterocycles. The zero-order chi connectivity index (χ0) is 30.6. The van der Waals surface area contributed by atoms with Crippen molar-refractivity contribution in [3.8, 4) is 17.6 Å². The largest absolute Gasteiger partial charge is 0.493 e. The number of thioether (sulfide) groups is 1. The third-order valence-electron chi connectivity index (χ3n) is 7.53. The van der Waals surface area contributed by atoms with Gasteiger partial charge in [-0.1, -0.05) is 30.0 Å². The molecule has 222 valence electrons. The smallest absolute Gasteiger partial charge is 0.310 e. The van der Waals surface area contributed by atoms with Crippen LogP contribution in [-0.4, -0.2) is 66.1 Å². The molecule has 0 N–H and O–H groups in total. The van der Waals surface area contributed by atoms with Gasteiger partial charge in [-0.3, -0.25) is 23.9 Å². The number of methoxy groups -OCH3 is 2. The number of rotatable bonds is 9. The van der Waals surface area contributed by atoms with E-state index in [-0.39, 0.29) is 23.4 Å². The standard InChI is InChI=1S/C30H34N4O6S2/c1-6-40-29(37)20-8-7-12-33(17-20)26-21(18(2)22(16-31)27(35)32(26)3)15-25-28(36)34(30(41)42-25)13-11-19-9-10-23(38-4)24(14-19)39-5/h9-10,14-15,20H,6-8,11-13,17H2,1-5H3/b25-15-. The Morgan fingerprint density at radius 3 is 2.64 bits per heavy atom. The lowest BCUT2D eigenvalue weighted by molar-refractivity contribution is -0.148. The fraction of sp³-hybridized carbons (Fsp3) is 0.433. The van der Waals surface area contributed by atoms with Gasteiger partial charge in [0.25, 0.3) is 11.5 Å². The molecule has 4 rings (SSSR count). The second-order valence-corrected chi connectivity index (χ2v) is 11.7. The van der Waals surface area contributed by atoms with Crippen LogP contribution in [0.2, 0.25) is 0 Å². The van der Waals surface area contributed by atoms with Gasteiger partial charge >= 0.3 is 5.97 Å². The first kappa shape index (κ1) is 31.1. The number of amides is 1. The van der Waals surface area contributed by atoms with Crippen LogP contribution in [0.3, 0.4) is 0 Å². The quantitative estimate of drug-likeness (QED) is 0.236. The summed E-state index contributed by atoms with van der Waals surface area (Å²) < 4.78 is 17.8. The first-order chi connectivity index (χ1) is 20.1. The normalized spacial score (nSPS) is 17.9. The Labute approximate surface area is 254 Å². The summed E-state index contributed by atoms with van der Waals surface area (Å²) in [4.78, 5) is 43.2. The van der Waals surface area contributed by atoms with Crippen molar-refractivity contribution in [1.82, 2.24) is 9.47 Å². The van der Waals surface area contributed by atoms with Crippen LogP contribution in [0, 0.1) is 24.2 Å². The maximum atomic E-state index is 13.6. The van der Waals surface area contributed by atoms with E-state index in [1.807, 2.05) is 29.2 Å². The molecule has 2 fully saturated rings. The Morgan fingerprint density at radius 2 is 1.98 bits per heavy atom. The lowest BCUT2D eigenvalue weighted by Crippen LogP contribution is -2.42. The number of pyridine rings is 1. The summed E-state index contributed by atoms with van der Waals surface area (Å²) in [7, 11) is 4.76. The van der Waals surface area contributed by atoms with Crippen LogP contribution in [0.1, 0.15) is 42.0 Å². The Hall–Kier alpha value is -3.82. The molecule has 2 aliphatic rings. The highest BCUT2D eigenvalue weighted by molar-refractivity contribution is 8.26. The van der Waals surface area contributed by atoms with E-state index in [4.69, 9.17) is 26.4 Å². The van der Waals surface area contributed by atoms with Gasteiger partial charge in [0.1, 0.15) is 21.8 Å². The number of hydrogen-bond acceptors (Lipinski definition) is 10. The predicted octanol–water partition coefficient (Wildman–Crippen LogP) is 3.81. The van der Waals surface area contributed by atoms with Crippen molar-refractivity contribution in [3.05, 3.63) is 55.7 Å². The molecular formula is C30H34N4O6S2. The summed E-state index contributed by atoms with van der Waals surface area (Å²) in [5.74, 6) is 0.931. The average Bonchev–Trinajstić information content (AvgIpc) is 3.26. The predicted molar refractivity (Wildman–Crippen MR) is 166 cm³/mol. The van der Waals surface area contributed by atoms with Crippen LogP contribution in [0.4, 0.5) is 5.82 Å². The summed E-state index contributed by atoms with van der Waals surface area (Å²) in [6.07, 6.45) is 3.68. The minimum atomic E-state index is -0.428. The zero-order valence-corrected chi connectivity index (χ0v) is 26.0. The molecule has 0 spiro atoms. The van der Waals surface area contributed by atoms with E-state index >= 15 is 0 Å². The second-order valence-electron chi connectivity index (χ2n) is 10.0. The first-order valence-corrected chi connectivity index (χ1v) is 14.9. The van der Waals surface area contributed by atoms with Gasteiger partial charge in [-0.15, -0.1) is 0 Å². The molecule has 1 unspecified atom stereocenters. The van der Waals surface area contributed by atoms with Gasteiger partial charge in [0.2, 0.25) is 0 Å². The number of esters is 1. The van der Waals surface area contributed by atoms with Gasteiger partial charge in [0.05, 0.1) is 31.6 Å². The van der Waals surface area contributed by atoms with Crippen molar-refractivity contribution in [2.75, 3.05) is 45.4 Å².